The summed E-state index contributed by atoms with van der Waals surface area (Å²) in [6, 6.07) is 5.15. The van der Waals surface area contributed by atoms with E-state index in [2.05, 4.69) is 15.8 Å². The molecule has 0 fully saturated rings. The van der Waals surface area contributed by atoms with Gasteiger partial charge in [0.2, 0.25) is 0 Å². The van der Waals surface area contributed by atoms with E-state index in [9.17, 15) is 20.2 Å². The standard InChI is InChI=1S/C10H5N5O4/c16-14(17)6-1-5-2-7(15(18)19)4-9-10(5)8(3-6)11-13-12-9/h1-4H,(H,11,12). The highest BCUT2D eigenvalue weighted by molar-refractivity contribution is 6.05. The number of benzene rings is 2. The Kier molecular flexibility index (Phi) is 2.14. The first-order valence-electron chi connectivity index (χ1n) is 5.13. The second-order valence-electron chi connectivity index (χ2n) is 3.88. The van der Waals surface area contributed by atoms with Crippen molar-refractivity contribution in [2.45, 2.75) is 0 Å². The lowest BCUT2D eigenvalue weighted by Gasteiger charge is -2.11. The molecule has 9 heteroatoms. The number of nitro benzene ring substituents is 2. The maximum atomic E-state index is 10.8. The average Bonchev–Trinajstić information content (AvgIpc) is 2.38. The average molecular weight is 259 g/mol. The first kappa shape index (κ1) is 11.0. The van der Waals surface area contributed by atoms with E-state index in [1.165, 1.54) is 24.3 Å². The third-order valence-electron chi connectivity index (χ3n) is 2.75. The molecule has 1 aliphatic rings. The van der Waals surface area contributed by atoms with E-state index in [1.54, 1.807) is 0 Å². The summed E-state index contributed by atoms with van der Waals surface area (Å²) in [6.45, 7) is 0. The summed E-state index contributed by atoms with van der Waals surface area (Å²) in [4.78, 5) is 20.5. The number of hydrogen-bond acceptors (Lipinski definition) is 7. The Morgan fingerprint density at radius 2 is 1.63 bits per heavy atom. The Morgan fingerprint density at radius 3 is 2.26 bits per heavy atom. The lowest BCUT2D eigenvalue weighted by Crippen LogP contribution is -1.97. The number of non-ortho nitro benzene ring substituents is 2. The Hall–Kier alpha value is -3.10. The Balaban J connectivity index is 2.40. The van der Waals surface area contributed by atoms with Crippen molar-refractivity contribution < 1.29 is 9.85 Å². The third kappa shape index (κ3) is 1.64. The van der Waals surface area contributed by atoms with Crippen molar-refractivity contribution in [2.75, 3.05) is 5.43 Å². The van der Waals surface area contributed by atoms with Crippen molar-refractivity contribution in [2.24, 2.45) is 10.3 Å². The van der Waals surface area contributed by atoms with E-state index in [4.69, 9.17) is 0 Å². The fourth-order valence-electron chi connectivity index (χ4n) is 1.97. The maximum Gasteiger partial charge on any atom is 0.272 e. The Labute approximate surface area is 104 Å². The highest BCUT2D eigenvalue weighted by atomic mass is 16.6. The molecule has 0 aliphatic carbocycles. The lowest BCUT2D eigenvalue weighted by atomic mass is 10.0. The van der Waals surface area contributed by atoms with Crippen molar-refractivity contribution in [1.29, 1.82) is 0 Å². The van der Waals surface area contributed by atoms with E-state index in [1.807, 2.05) is 0 Å². The van der Waals surface area contributed by atoms with E-state index in [0.717, 1.165) is 0 Å². The van der Waals surface area contributed by atoms with Crippen LogP contribution in [0.25, 0.3) is 10.8 Å². The largest absolute Gasteiger partial charge is 0.272 e. The van der Waals surface area contributed by atoms with E-state index >= 15 is 0 Å². The van der Waals surface area contributed by atoms with Gasteiger partial charge in [0.15, 0.2) is 0 Å². The second-order valence-corrected chi connectivity index (χ2v) is 3.88. The van der Waals surface area contributed by atoms with Crippen LogP contribution in [-0.4, -0.2) is 9.85 Å². The van der Waals surface area contributed by atoms with Crippen LogP contribution < -0.4 is 5.43 Å². The highest BCUT2D eigenvalue weighted by Crippen LogP contribution is 2.41. The Bertz CT molecular complexity index is 765. The second kappa shape index (κ2) is 3.70. The molecule has 1 aliphatic heterocycles. The lowest BCUT2D eigenvalue weighted by molar-refractivity contribution is -0.385. The molecule has 94 valence electrons. The van der Waals surface area contributed by atoms with Gasteiger partial charge in [0.1, 0.15) is 5.69 Å². The first-order chi connectivity index (χ1) is 9.06. The molecule has 1 heterocycles. The molecule has 0 saturated heterocycles. The van der Waals surface area contributed by atoms with Gasteiger partial charge in [-0.1, -0.05) is 5.22 Å². The van der Waals surface area contributed by atoms with Gasteiger partial charge in [-0.15, -0.1) is 5.11 Å². The van der Waals surface area contributed by atoms with Gasteiger partial charge in [0.05, 0.1) is 15.5 Å². The van der Waals surface area contributed by atoms with Crippen LogP contribution in [0.5, 0.6) is 0 Å². The molecule has 0 radical (unpaired) electrons. The predicted molar refractivity (Wildman–Crippen MR) is 65.4 cm³/mol. The topological polar surface area (TPSA) is 123 Å². The van der Waals surface area contributed by atoms with Gasteiger partial charge in [-0.25, -0.2) is 0 Å². The molecule has 0 amide bonds. The van der Waals surface area contributed by atoms with Crippen molar-refractivity contribution in [3.63, 3.8) is 0 Å². The third-order valence-corrected chi connectivity index (χ3v) is 2.75. The molecule has 9 nitrogen and oxygen atoms in total. The number of nitrogens with one attached hydrogen (secondary N) is 1. The number of anilines is 1. The fourth-order valence-corrected chi connectivity index (χ4v) is 1.97. The first-order valence-corrected chi connectivity index (χ1v) is 5.13. The minimum atomic E-state index is -0.577. The molecule has 0 unspecified atom stereocenters. The van der Waals surface area contributed by atoms with E-state index in [0.29, 0.717) is 22.1 Å². The van der Waals surface area contributed by atoms with Crippen molar-refractivity contribution in [1.82, 2.24) is 0 Å². The van der Waals surface area contributed by atoms with Crippen LogP contribution in [0.2, 0.25) is 0 Å². The van der Waals surface area contributed by atoms with E-state index < -0.39 is 9.85 Å². The highest BCUT2D eigenvalue weighted by Gasteiger charge is 2.20. The van der Waals surface area contributed by atoms with E-state index in [-0.39, 0.29) is 11.4 Å². The van der Waals surface area contributed by atoms with Gasteiger partial charge in [-0.3, -0.25) is 25.7 Å². The van der Waals surface area contributed by atoms with Crippen molar-refractivity contribution >= 4 is 33.5 Å². The van der Waals surface area contributed by atoms with Crippen molar-refractivity contribution in [3.8, 4) is 0 Å². The van der Waals surface area contributed by atoms with Gasteiger partial charge in [0.25, 0.3) is 11.4 Å². The fraction of sp³-hybridized carbons (Fsp3) is 0. The Morgan fingerprint density at radius 1 is 1.00 bits per heavy atom. The van der Waals surface area contributed by atoms with Crippen LogP contribution >= 0.6 is 0 Å². The van der Waals surface area contributed by atoms with Crippen molar-refractivity contribution in [3.05, 3.63) is 44.5 Å². The van der Waals surface area contributed by atoms with Crippen LogP contribution in [0.1, 0.15) is 0 Å². The summed E-state index contributed by atoms with van der Waals surface area (Å²) in [5.41, 5.74) is 2.92. The van der Waals surface area contributed by atoms with Gasteiger partial charge < -0.3 is 0 Å². The zero-order valence-corrected chi connectivity index (χ0v) is 9.23. The zero-order chi connectivity index (χ0) is 13.6. The molecule has 19 heavy (non-hydrogen) atoms. The molecule has 0 bridgehead atoms. The molecule has 1 N–H and O–H groups in total. The molecule has 0 spiro atoms. The van der Waals surface area contributed by atoms with Crippen LogP contribution in [0.4, 0.5) is 22.7 Å². The summed E-state index contributed by atoms with van der Waals surface area (Å²) in [5, 5.41) is 29.9. The van der Waals surface area contributed by atoms with Gasteiger partial charge in [-0.2, -0.15) is 0 Å². The number of nitro groups is 2. The molecule has 2 aromatic carbocycles. The molecular formula is C10H5N5O4. The van der Waals surface area contributed by atoms with Crippen LogP contribution in [0, 0.1) is 20.2 Å². The van der Waals surface area contributed by atoms with Crippen LogP contribution in [0.3, 0.4) is 0 Å². The SMILES string of the molecule is O=[N+]([O-])c1cc2c3c(cc([N+](=O)[O-])cc3c1)NN=N2. The van der Waals surface area contributed by atoms with Gasteiger partial charge >= 0.3 is 0 Å². The summed E-state index contributed by atoms with van der Waals surface area (Å²) in [6.07, 6.45) is 0. The van der Waals surface area contributed by atoms with Gasteiger partial charge in [0, 0.05) is 29.7 Å². The van der Waals surface area contributed by atoms with Gasteiger partial charge in [-0.05, 0) is 5.39 Å². The quantitative estimate of drug-likeness (QED) is 0.655. The summed E-state index contributed by atoms with van der Waals surface area (Å²) >= 11 is 0. The normalized spacial score (nSPS) is 12.2. The van der Waals surface area contributed by atoms with Crippen LogP contribution in [0.15, 0.2) is 34.6 Å². The number of nitrogens with zero attached hydrogens (tertiary/aromatic N) is 4. The minimum Gasteiger partial charge on any atom is -0.259 e. The smallest absolute Gasteiger partial charge is 0.259 e. The minimum absolute atomic E-state index is 0.168. The monoisotopic (exact) mass is 259 g/mol. The summed E-state index contributed by atoms with van der Waals surface area (Å²) < 4.78 is 0. The molecule has 0 atom stereocenters. The zero-order valence-electron chi connectivity index (χ0n) is 9.23. The molecule has 3 rings (SSSR count). The molecule has 0 aromatic heterocycles. The molecular weight excluding hydrogens is 254 g/mol. The van der Waals surface area contributed by atoms with Crippen LogP contribution in [-0.2, 0) is 0 Å². The number of hydrogen-bond donors (Lipinski definition) is 1. The predicted octanol–water partition coefficient (Wildman–Crippen LogP) is 3.08. The molecule has 0 saturated carbocycles. The summed E-state index contributed by atoms with van der Waals surface area (Å²) in [5.74, 6) is 0. The summed E-state index contributed by atoms with van der Waals surface area (Å²) in [7, 11) is 0. The number of rotatable bonds is 2. The maximum absolute atomic E-state index is 10.8. The molecule has 2 aromatic rings.